The van der Waals surface area contributed by atoms with Gasteiger partial charge in [-0.05, 0) is 11.6 Å². The number of benzene rings is 1. The summed E-state index contributed by atoms with van der Waals surface area (Å²) in [5.74, 6) is -1.06. The van der Waals surface area contributed by atoms with Gasteiger partial charge in [0.15, 0.2) is 0 Å². The molecule has 1 heterocycles. The number of nitro groups is 1. The molecule has 1 aromatic carbocycles. The molecule has 2 rings (SSSR count). The maximum Gasteiger partial charge on any atom is 0.339 e. The van der Waals surface area contributed by atoms with Crippen LogP contribution in [0.1, 0.15) is 29.8 Å². The van der Waals surface area contributed by atoms with Crippen molar-refractivity contribution in [2.24, 2.45) is 0 Å². The van der Waals surface area contributed by atoms with Crippen molar-refractivity contribution in [1.82, 2.24) is 4.98 Å². The van der Waals surface area contributed by atoms with Crippen molar-refractivity contribution in [3.05, 3.63) is 63.6 Å². The monoisotopic (exact) mass is 347 g/mol. The summed E-state index contributed by atoms with van der Waals surface area (Å²) in [4.78, 5) is 26.0. The van der Waals surface area contributed by atoms with Crippen LogP contribution in [-0.2, 0) is 10.2 Å². The third kappa shape index (κ3) is 4.09. The Balaban J connectivity index is 2.27. The number of nitrogens with one attached hydrogen (secondary N) is 1. The summed E-state index contributed by atoms with van der Waals surface area (Å²) in [5.41, 5.74) is -0.529. The molecule has 132 valence electrons. The van der Waals surface area contributed by atoms with Gasteiger partial charge in [0, 0.05) is 24.2 Å². The first-order valence-corrected chi connectivity index (χ1v) is 7.48. The van der Waals surface area contributed by atoms with Gasteiger partial charge in [-0.1, -0.05) is 32.0 Å². The lowest BCUT2D eigenvalue weighted by molar-refractivity contribution is -0.384. The fourth-order valence-electron chi connectivity index (χ4n) is 2.37. The Morgan fingerprint density at radius 1 is 1.40 bits per heavy atom. The standard InChI is InChI=1S/C17H18FN3O4/c1-17(2,12-6-4-5-7-13(12)18)10-20-15-14(21(23)24)8-11(9-19-15)16(22)25-3/h4-9H,10H2,1-3H3,(H,19,20). The molecule has 1 aromatic heterocycles. The van der Waals surface area contributed by atoms with E-state index in [0.29, 0.717) is 5.56 Å². The second-order valence-electron chi connectivity index (χ2n) is 6.06. The molecule has 1 N–H and O–H groups in total. The van der Waals surface area contributed by atoms with E-state index in [1.54, 1.807) is 18.2 Å². The van der Waals surface area contributed by atoms with Gasteiger partial charge >= 0.3 is 11.7 Å². The van der Waals surface area contributed by atoms with Gasteiger partial charge in [-0.25, -0.2) is 14.2 Å². The van der Waals surface area contributed by atoms with Gasteiger partial charge in [0.05, 0.1) is 17.6 Å². The fraction of sp³-hybridized carbons (Fsp3) is 0.294. The highest BCUT2D eigenvalue weighted by Crippen LogP contribution is 2.28. The van der Waals surface area contributed by atoms with Gasteiger partial charge in [-0.15, -0.1) is 0 Å². The van der Waals surface area contributed by atoms with Crippen molar-refractivity contribution in [3.63, 3.8) is 0 Å². The maximum absolute atomic E-state index is 14.0. The highest BCUT2D eigenvalue weighted by Gasteiger charge is 2.26. The largest absolute Gasteiger partial charge is 0.465 e. The van der Waals surface area contributed by atoms with Crippen LogP contribution in [0.3, 0.4) is 0 Å². The van der Waals surface area contributed by atoms with E-state index in [1.165, 1.54) is 19.4 Å². The normalized spacial score (nSPS) is 11.0. The minimum atomic E-state index is -0.714. The van der Waals surface area contributed by atoms with Gasteiger partial charge < -0.3 is 10.1 Å². The Labute approximate surface area is 144 Å². The molecule has 8 heteroatoms. The van der Waals surface area contributed by atoms with Gasteiger partial charge in [0.2, 0.25) is 5.82 Å². The molecule has 0 aliphatic carbocycles. The molecule has 0 unspecified atom stereocenters. The number of nitrogens with zero attached hydrogens (tertiary/aromatic N) is 2. The van der Waals surface area contributed by atoms with Crippen LogP contribution < -0.4 is 5.32 Å². The van der Waals surface area contributed by atoms with E-state index in [-0.39, 0.29) is 29.4 Å². The van der Waals surface area contributed by atoms with Gasteiger partial charge in [0.1, 0.15) is 5.82 Å². The van der Waals surface area contributed by atoms with Crippen LogP contribution in [-0.4, -0.2) is 29.5 Å². The minimum Gasteiger partial charge on any atom is -0.465 e. The Morgan fingerprint density at radius 3 is 2.68 bits per heavy atom. The van der Waals surface area contributed by atoms with Crippen molar-refractivity contribution in [2.75, 3.05) is 19.0 Å². The van der Waals surface area contributed by atoms with E-state index < -0.39 is 16.3 Å². The zero-order chi connectivity index (χ0) is 18.6. The second-order valence-corrected chi connectivity index (χ2v) is 6.06. The lowest BCUT2D eigenvalue weighted by Crippen LogP contribution is -2.29. The van der Waals surface area contributed by atoms with E-state index in [1.807, 2.05) is 13.8 Å². The third-order valence-electron chi connectivity index (χ3n) is 3.79. The zero-order valence-electron chi connectivity index (χ0n) is 14.1. The SMILES string of the molecule is COC(=O)c1cnc(NCC(C)(C)c2ccccc2F)c([N+](=O)[O-])c1. The number of anilines is 1. The molecule has 0 atom stereocenters. The molecule has 7 nitrogen and oxygen atoms in total. The quantitative estimate of drug-likeness (QED) is 0.489. The average Bonchev–Trinajstić information content (AvgIpc) is 2.59. The van der Waals surface area contributed by atoms with Crippen molar-refractivity contribution in [3.8, 4) is 0 Å². The second kappa shape index (κ2) is 7.25. The summed E-state index contributed by atoms with van der Waals surface area (Å²) in [5, 5.41) is 14.1. The fourth-order valence-corrected chi connectivity index (χ4v) is 2.37. The maximum atomic E-state index is 14.0. The molecule has 0 aliphatic heterocycles. The van der Waals surface area contributed by atoms with Crippen molar-refractivity contribution < 1.29 is 18.8 Å². The van der Waals surface area contributed by atoms with Crippen LogP contribution in [0.4, 0.5) is 15.9 Å². The first-order valence-electron chi connectivity index (χ1n) is 7.48. The van der Waals surface area contributed by atoms with Crippen molar-refractivity contribution in [2.45, 2.75) is 19.3 Å². The molecule has 2 aromatic rings. The summed E-state index contributed by atoms with van der Waals surface area (Å²) < 4.78 is 18.5. The summed E-state index contributed by atoms with van der Waals surface area (Å²) in [7, 11) is 1.18. The molecule has 0 aliphatic rings. The zero-order valence-corrected chi connectivity index (χ0v) is 14.1. The van der Waals surface area contributed by atoms with Crippen LogP contribution >= 0.6 is 0 Å². The van der Waals surface area contributed by atoms with E-state index in [9.17, 15) is 19.3 Å². The summed E-state index contributed by atoms with van der Waals surface area (Å²) in [6.07, 6.45) is 1.19. The van der Waals surface area contributed by atoms with E-state index >= 15 is 0 Å². The molecule has 0 saturated carbocycles. The van der Waals surface area contributed by atoms with E-state index in [0.717, 1.165) is 6.07 Å². The smallest absolute Gasteiger partial charge is 0.339 e. The number of methoxy groups -OCH3 is 1. The van der Waals surface area contributed by atoms with Crippen molar-refractivity contribution >= 4 is 17.5 Å². The van der Waals surface area contributed by atoms with E-state index in [4.69, 9.17) is 0 Å². The Hall–Kier alpha value is -3.03. The first-order chi connectivity index (χ1) is 11.8. The molecule has 25 heavy (non-hydrogen) atoms. The minimum absolute atomic E-state index is 0.00191. The molecule has 0 fully saturated rings. The highest BCUT2D eigenvalue weighted by molar-refractivity contribution is 5.90. The van der Waals surface area contributed by atoms with Gasteiger partial charge in [0.25, 0.3) is 0 Å². The molecular formula is C17H18FN3O4. The van der Waals surface area contributed by atoms with Crippen LogP contribution in [0.5, 0.6) is 0 Å². The van der Waals surface area contributed by atoms with Crippen LogP contribution in [0.25, 0.3) is 0 Å². The number of aromatic nitrogens is 1. The number of esters is 1. The number of hydrogen-bond donors (Lipinski definition) is 1. The molecular weight excluding hydrogens is 329 g/mol. The van der Waals surface area contributed by atoms with Gasteiger partial charge in [-0.2, -0.15) is 0 Å². The van der Waals surface area contributed by atoms with Crippen LogP contribution in [0.2, 0.25) is 0 Å². The lowest BCUT2D eigenvalue weighted by atomic mass is 9.84. The number of rotatable bonds is 6. The van der Waals surface area contributed by atoms with Gasteiger partial charge in [-0.3, -0.25) is 10.1 Å². The third-order valence-corrected chi connectivity index (χ3v) is 3.79. The van der Waals surface area contributed by atoms with Crippen LogP contribution in [0, 0.1) is 15.9 Å². The lowest BCUT2D eigenvalue weighted by Gasteiger charge is -2.26. The highest BCUT2D eigenvalue weighted by atomic mass is 19.1. The number of ether oxygens (including phenoxy) is 1. The number of pyridine rings is 1. The Morgan fingerprint density at radius 2 is 2.08 bits per heavy atom. The summed E-state index contributed by atoms with van der Waals surface area (Å²) in [6, 6.07) is 7.45. The topological polar surface area (TPSA) is 94.4 Å². The summed E-state index contributed by atoms with van der Waals surface area (Å²) >= 11 is 0. The number of hydrogen-bond acceptors (Lipinski definition) is 6. The number of carbonyl (C=O) groups is 1. The predicted octanol–water partition coefficient (Wildman–Crippen LogP) is 3.31. The van der Waals surface area contributed by atoms with Crippen LogP contribution in [0.15, 0.2) is 36.5 Å². The number of halogens is 1. The number of carbonyl (C=O) groups excluding carboxylic acids is 1. The molecule has 0 saturated heterocycles. The summed E-state index contributed by atoms with van der Waals surface area (Å²) in [6.45, 7) is 3.83. The predicted molar refractivity (Wildman–Crippen MR) is 90.1 cm³/mol. The Bertz CT molecular complexity index is 808. The molecule has 0 amide bonds. The molecule has 0 radical (unpaired) electrons. The average molecular weight is 347 g/mol. The molecule has 0 spiro atoms. The van der Waals surface area contributed by atoms with Crippen molar-refractivity contribution in [1.29, 1.82) is 0 Å². The molecule has 0 bridgehead atoms. The first kappa shape index (κ1) is 18.3. The Kier molecular flexibility index (Phi) is 5.31. The van der Waals surface area contributed by atoms with E-state index in [2.05, 4.69) is 15.0 Å².